The maximum atomic E-state index is 13.8. The van der Waals surface area contributed by atoms with Crippen LogP contribution >= 0.6 is 0 Å². The van der Waals surface area contributed by atoms with Crippen molar-refractivity contribution in [2.24, 2.45) is 0 Å². The summed E-state index contributed by atoms with van der Waals surface area (Å²) in [5.74, 6) is 0.715. The molecule has 0 saturated carbocycles. The summed E-state index contributed by atoms with van der Waals surface area (Å²) in [5, 5.41) is 5.15. The molecule has 2 heterocycles. The third-order valence-corrected chi connectivity index (χ3v) is 8.19. The molecule has 1 N–H and O–H groups in total. The molecule has 6 rings (SSSR count). The van der Waals surface area contributed by atoms with Gasteiger partial charge in [-0.25, -0.2) is 0 Å². The number of anilines is 3. The molecular weight excluding hydrogens is 512 g/mol. The number of nitrogens with zero attached hydrogens (tertiary/aromatic N) is 3. The van der Waals surface area contributed by atoms with E-state index in [1.807, 2.05) is 83.8 Å². The molecule has 0 aliphatic carbocycles. The van der Waals surface area contributed by atoms with E-state index < -0.39 is 0 Å². The van der Waals surface area contributed by atoms with Crippen LogP contribution in [0.3, 0.4) is 0 Å². The van der Waals surface area contributed by atoms with Crippen LogP contribution in [0.2, 0.25) is 0 Å². The van der Waals surface area contributed by atoms with Crippen LogP contribution in [-0.2, 0) is 0 Å². The largest absolute Gasteiger partial charge is 0.495 e. The topological polar surface area (TPSA) is 65.1 Å². The number of amides is 2. The first-order valence-corrected chi connectivity index (χ1v) is 14.5. The van der Waals surface area contributed by atoms with E-state index in [9.17, 15) is 9.59 Å². The van der Waals surface area contributed by atoms with Crippen molar-refractivity contribution in [3.05, 3.63) is 96.1 Å². The van der Waals surface area contributed by atoms with Gasteiger partial charge in [-0.3, -0.25) is 9.59 Å². The number of para-hydroxylation sites is 2. The van der Waals surface area contributed by atoms with Crippen molar-refractivity contribution in [1.82, 2.24) is 4.90 Å². The predicted octanol–water partition coefficient (Wildman–Crippen LogP) is 6.05. The van der Waals surface area contributed by atoms with Crippen molar-refractivity contribution < 1.29 is 14.3 Å². The van der Waals surface area contributed by atoms with Crippen LogP contribution in [0.5, 0.6) is 5.75 Å². The maximum Gasteiger partial charge on any atom is 0.256 e. The number of ether oxygens (including phenoxy) is 1. The standard InChI is InChI=1S/C34H36N4O3/c1-41-32-12-6-5-11-31(32)37-21-19-36(20-22-37)30-16-15-28(24-29(30)34(40)38-17-7-2-8-18-38)35-33(39)27-14-13-25-9-3-4-10-26(25)23-27/h3-6,9-16,23-24H,2,7-8,17-22H2,1H3,(H,35,39). The van der Waals surface area contributed by atoms with Gasteiger partial charge in [-0.2, -0.15) is 0 Å². The van der Waals surface area contributed by atoms with Gasteiger partial charge in [0.15, 0.2) is 0 Å². The van der Waals surface area contributed by atoms with E-state index in [0.717, 1.165) is 86.4 Å². The van der Waals surface area contributed by atoms with Gasteiger partial charge >= 0.3 is 0 Å². The van der Waals surface area contributed by atoms with Gasteiger partial charge in [-0.1, -0.05) is 42.5 Å². The average Bonchev–Trinajstić information content (AvgIpc) is 3.04. The van der Waals surface area contributed by atoms with E-state index >= 15 is 0 Å². The first-order chi connectivity index (χ1) is 20.1. The maximum absolute atomic E-state index is 13.8. The van der Waals surface area contributed by atoms with Crippen LogP contribution in [0.15, 0.2) is 84.9 Å². The van der Waals surface area contributed by atoms with Gasteiger partial charge < -0.3 is 24.8 Å². The fourth-order valence-electron chi connectivity index (χ4n) is 5.94. The summed E-state index contributed by atoms with van der Waals surface area (Å²) in [5.41, 5.74) is 3.87. The molecule has 0 radical (unpaired) electrons. The summed E-state index contributed by atoms with van der Waals surface area (Å²) >= 11 is 0. The Labute approximate surface area is 241 Å². The van der Waals surface area contributed by atoms with Gasteiger partial charge in [-0.05, 0) is 72.5 Å². The molecule has 2 aliphatic rings. The second-order valence-corrected chi connectivity index (χ2v) is 10.7. The number of nitrogens with one attached hydrogen (secondary N) is 1. The highest BCUT2D eigenvalue weighted by Crippen LogP contribution is 2.32. The zero-order valence-electron chi connectivity index (χ0n) is 23.5. The normalized spacial score (nSPS) is 15.6. The molecule has 4 aromatic rings. The molecule has 0 aromatic heterocycles. The fraction of sp³-hybridized carbons (Fsp3) is 0.294. The summed E-state index contributed by atoms with van der Waals surface area (Å²) in [6.45, 7) is 4.74. The lowest BCUT2D eigenvalue weighted by molar-refractivity contribution is 0.0724. The molecule has 4 aromatic carbocycles. The van der Waals surface area contributed by atoms with Crippen LogP contribution in [0.1, 0.15) is 40.0 Å². The Morgan fingerprint density at radius 2 is 1.37 bits per heavy atom. The number of piperidine rings is 1. The molecule has 0 atom stereocenters. The molecule has 0 unspecified atom stereocenters. The molecule has 0 spiro atoms. The number of carbonyl (C=O) groups excluding carboxylic acids is 2. The van der Waals surface area contributed by atoms with E-state index in [-0.39, 0.29) is 11.8 Å². The van der Waals surface area contributed by atoms with Crippen molar-refractivity contribution in [2.75, 3.05) is 61.5 Å². The molecule has 2 aliphatic heterocycles. The van der Waals surface area contributed by atoms with E-state index in [2.05, 4.69) is 21.2 Å². The Kier molecular flexibility index (Phi) is 7.76. The van der Waals surface area contributed by atoms with Crippen molar-refractivity contribution in [2.45, 2.75) is 19.3 Å². The van der Waals surface area contributed by atoms with E-state index in [1.54, 1.807) is 7.11 Å². The lowest BCUT2D eigenvalue weighted by Gasteiger charge is -2.39. The zero-order valence-corrected chi connectivity index (χ0v) is 23.5. The monoisotopic (exact) mass is 548 g/mol. The van der Waals surface area contributed by atoms with Gasteiger partial charge in [-0.15, -0.1) is 0 Å². The summed E-state index contributed by atoms with van der Waals surface area (Å²) in [6.07, 6.45) is 3.21. The summed E-state index contributed by atoms with van der Waals surface area (Å²) in [6, 6.07) is 27.6. The predicted molar refractivity (Wildman–Crippen MR) is 166 cm³/mol. The number of benzene rings is 4. The van der Waals surface area contributed by atoms with Crippen molar-refractivity contribution >= 4 is 39.6 Å². The highest BCUT2D eigenvalue weighted by atomic mass is 16.5. The first-order valence-electron chi connectivity index (χ1n) is 14.5. The lowest BCUT2D eigenvalue weighted by Crippen LogP contribution is -2.47. The second kappa shape index (κ2) is 11.9. The lowest BCUT2D eigenvalue weighted by atomic mass is 10.0. The minimum atomic E-state index is -0.190. The van der Waals surface area contributed by atoms with Crippen LogP contribution < -0.4 is 19.9 Å². The number of hydrogen-bond donors (Lipinski definition) is 1. The molecule has 0 bridgehead atoms. The minimum Gasteiger partial charge on any atom is -0.495 e. The number of hydrogen-bond acceptors (Lipinski definition) is 5. The second-order valence-electron chi connectivity index (χ2n) is 10.7. The van der Waals surface area contributed by atoms with Crippen LogP contribution in [0.25, 0.3) is 10.8 Å². The van der Waals surface area contributed by atoms with Crippen LogP contribution in [-0.4, -0.2) is 63.1 Å². The fourth-order valence-corrected chi connectivity index (χ4v) is 5.94. The van der Waals surface area contributed by atoms with Crippen LogP contribution in [0.4, 0.5) is 17.1 Å². The number of likely N-dealkylation sites (tertiary alicyclic amines) is 1. The van der Waals surface area contributed by atoms with Gasteiger partial charge in [0.05, 0.1) is 18.4 Å². The van der Waals surface area contributed by atoms with Crippen LogP contribution in [0, 0.1) is 0 Å². The van der Waals surface area contributed by atoms with E-state index in [1.165, 1.54) is 0 Å². The van der Waals surface area contributed by atoms with Crippen molar-refractivity contribution in [3.63, 3.8) is 0 Å². The van der Waals surface area contributed by atoms with Crippen molar-refractivity contribution in [1.29, 1.82) is 0 Å². The highest BCUT2D eigenvalue weighted by molar-refractivity contribution is 6.08. The van der Waals surface area contributed by atoms with Gasteiger partial charge in [0, 0.05) is 56.2 Å². The number of carbonyl (C=O) groups is 2. The molecule has 2 fully saturated rings. The Hall–Kier alpha value is -4.52. The molecule has 210 valence electrons. The first kappa shape index (κ1) is 26.7. The molecular formula is C34H36N4O3. The third-order valence-electron chi connectivity index (χ3n) is 8.19. The molecule has 2 amide bonds. The number of rotatable bonds is 6. The third kappa shape index (κ3) is 5.71. The number of piperazine rings is 1. The Morgan fingerprint density at radius 1 is 0.683 bits per heavy atom. The summed E-state index contributed by atoms with van der Waals surface area (Å²) in [7, 11) is 1.70. The van der Waals surface area contributed by atoms with Gasteiger partial charge in [0.2, 0.25) is 0 Å². The summed E-state index contributed by atoms with van der Waals surface area (Å²) in [4.78, 5) is 33.6. The Bertz CT molecular complexity index is 1550. The SMILES string of the molecule is COc1ccccc1N1CCN(c2ccc(NC(=O)c3ccc4ccccc4c3)cc2C(=O)N2CCCCC2)CC1. The molecule has 2 saturated heterocycles. The minimum absolute atomic E-state index is 0.0358. The van der Waals surface area contributed by atoms with Crippen molar-refractivity contribution in [3.8, 4) is 5.75 Å². The van der Waals surface area contributed by atoms with Gasteiger partial charge in [0.1, 0.15) is 5.75 Å². The highest BCUT2D eigenvalue weighted by Gasteiger charge is 2.27. The number of fused-ring (bicyclic) bond motifs is 1. The molecule has 41 heavy (non-hydrogen) atoms. The zero-order chi connectivity index (χ0) is 28.2. The molecule has 7 heteroatoms. The Morgan fingerprint density at radius 3 is 2.12 bits per heavy atom. The van der Waals surface area contributed by atoms with E-state index in [4.69, 9.17) is 4.74 Å². The smallest absolute Gasteiger partial charge is 0.256 e. The molecule has 7 nitrogen and oxygen atoms in total. The number of methoxy groups -OCH3 is 1. The summed E-state index contributed by atoms with van der Waals surface area (Å²) < 4.78 is 5.59. The quantitative estimate of drug-likeness (QED) is 0.318. The average molecular weight is 549 g/mol. The van der Waals surface area contributed by atoms with Gasteiger partial charge in [0.25, 0.3) is 11.8 Å². The Balaban J connectivity index is 1.24. The van der Waals surface area contributed by atoms with E-state index in [0.29, 0.717) is 16.8 Å².